The van der Waals surface area contributed by atoms with Gasteiger partial charge in [-0.1, -0.05) is 28.1 Å². The number of benzene rings is 1. The van der Waals surface area contributed by atoms with Crippen molar-refractivity contribution in [1.82, 2.24) is 0 Å². The molecule has 3 rings (SSSR count). The van der Waals surface area contributed by atoms with E-state index in [2.05, 4.69) is 22.0 Å². The lowest BCUT2D eigenvalue weighted by atomic mass is 9.74. The lowest BCUT2D eigenvalue weighted by molar-refractivity contribution is -0.153. The zero-order valence-corrected chi connectivity index (χ0v) is 13.4. The van der Waals surface area contributed by atoms with E-state index < -0.39 is 0 Å². The second-order valence-corrected chi connectivity index (χ2v) is 6.26. The maximum atomic E-state index is 6.30. The van der Waals surface area contributed by atoms with Crippen molar-refractivity contribution in [2.24, 2.45) is 0 Å². The number of hydrogen-bond acceptors (Lipinski definition) is 3. The summed E-state index contributed by atoms with van der Waals surface area (Å²) < 4.78 is 17.7. The number of para-hydroxylation sites is 1. The largest absolute Gasteiger partial charge is 0.493 e. The van der Waals surface area contributed by atoms with Crippen molar-refractivity contribution in [2.45, 2.75) is 49.1 Å². The van der Waals surface area contributed by atoms with Crippen LogP contribution in [0.15, 0.2) is 18.2 Å². The maximum Gasteiger partial charge on any atom is 0.165 e. The molecule has 0 N–H and O–H groups in total. The molecule has 1 aliphatic heterocycles. The average Bonchev–Trinajstić information content (AvgIpc) is 2.46. The Hall–Kier alpha value is -0.740. The topological polar surface area (TPSA) is 27.7 Å². The van der Waals surface area contributed by atoms with E-state index in [4.69, 9.17) is 14.2 Å². The fraction of sp³-hybridized carbons (Fsp3) is 0.625. The molecular formula is C16H21BrO3. The van der Waals surface area contributed by atoms with Gasteiger partial charge in [-0.05, 0) is 25.3 Å². The Morgan fingerprint density at radius 3 is 2.90 bits per heavy atom. The van der Waals surface area contributed by atoms with Crippen LogP contribution in [0.5, 0.6) is 11.5 Å². The quantitative estimate of drug-likeness (QED) is 0.773. The molecule has 4 heteroatoms. The number of hydrogen-bond donors (Lipinski definition) is 0. The fourth-order valence-corrected chi connectivity index (χ4v) is 3.57. The Morgan fingerprint density at radius 2 is 2.25 bits per heavy atom. The van der Waals surface area contributed by atoms with Gasteiger partial charge in [-0.25, -0.2) is 0 Å². The van der Waals surface area contributed by atoms with Gasteiger partial charge < -0.3 is 14.2 Å². The molecule has 2 aliphatic rings. The third kappa shape index (κ3) is 2.68. The van der Waals surface area contributed by atoms with Gasteiger partial charge in [-0.3, -0.25) is 0 Å². The highest BCUT2D eigenvalue weighted by molar-refractivity contribution is 9.08. The molecule has 1 saturated heterocycles. The molecule has 1 atom stereocenters. The number of alkyl halides is 1. The van der Waals surface area contributed by atoms with E-state index in [-0.39, 0.29) is 11.7 Å². The molecule has 3 nitrogen and oxygen atoms in total. The summed E-state index contributed by atoms with van der Waals surface area (Å²) in [7, 11) is 1.69. The molecule has 1 heterocycles. The van der Waals surface area contributed by atoms with Gasteiger partial charge in [0.2, 0.25) is 0 Å². The molecule has 1 aromatic carbocycles. The zero-order chi connectivity index (χ0) is 14.0. The Labute approximate surface area is 128 Å². The lowest BCUT2D eigenvalue weighted by Crippen LogP contribution is -2.48. The molecule has 0 aromatic heterocycles. The first-order valence-corrected chi connectivity index (χ1v) is 8.41. The van der Waals surface area contributed by atoms with E-state index in [0.717, 1.165) is 41.8 Å². The van der Waals surface area contributed by atoms with Gasteiger partial charge in [0.15, 0.2) is 11.5 Å². The van der Waals surface area contributed by atoms with Gasteiger partial charge in [0.05, 0.1) is 19.3 Å². The molecule has 0 bridgehead atoms. The van der Waals surface area contributed by atoms with Crippen molar-refractivity contribution < 1.29 is 14.2 Å². The minimum Gasteiger partial charge on any atom is -0.493 e. The molecule has 20 heavy (non-hydrogen) atoms. The van der Waals surface area contributed by atoms with Crippen LogP contribution in [0.3, 0.4) is 0 Å². The van der Waals surface area contributed by atoms with Crippen LogP contribution in [0, 0.1) is 0 Å². The Kier molecular flexibility index (Phi) is 4.22. The average molecular weight is 341 g/mol. The first-order valence-electron chi connectivity index (χ1n) is 7.29. The lowest BCUT2D eigenvalue weighted by Gasteiger charge is -2.47. The molecule has 1 spiro atoms. The summed E-state index contributed by atoms with van der Waals surface area (Å²) in [5.74, 6) is 1.70. The van der Waals surface area contributed by atoms with Crippen molar-refractivity contribution >= 4 is 15.9 Å². The molecule has 1 saturated carbocycles. The SMILES string of the molecule is COc1cccc(CBr)c1OC1CCOC2(CCC2)C1. The van der Waals surface area contributed by atoms with Crippen LogP contribution in [0.4, 0.5) is 0 Å². The third-order valence-corrected chi connectivity index (χ3v) is 5.03. The number of methoxy groups -OCH3 is 1. The molecule has 1 unspecified atom stereocenters. The summed E-state index contributed by atoms with van der Waals surface area (Å²) in [4.78, 5) is 0. The van der Waals surface area contributed by atoms with Gasteiger partial charge in [0.1, 0.15) is 6.10 Å². The predicted octanol–water partition coefficient (Wildman–Crippen LogP) is 4.07. The van der Waals surface area contributed by atoms with Crippen molar-refractivity contribution in [3.8, 4) is 11.5 Å². The number of halogens is 1. The molecule has 110 valence electrons. The van der Waals surface area contributed by atoms with Crippen LogP contribution in [-0.2, 0) is 10.1 Å². The van der Waals surface area contributed by atoms with Gasteiger partial charge in [-0.15, -0.1) is 0 Å². The van der Waals surface area contributed by atoms with Crippen molar-refractivity contribution in [1.29, 1.82) is 0 Å². The van der Waals surface area contributed by atoms with Crippen LogP contribution in [0.2, 0.25) is 0 Å². The first kappa shape index (κ1) is 14.2. The monoisotopic (exact) mass is 340 g/mol. The summed E-state index contributed by atoms with van der Waals surface area (Å²) in [6.07, 6.45) is 5.86. The van der Waals surface area contributed by atoms with E-state index in [1.54, 1.807) is 7.11 Å². The van der Waals surface area contributed by atoms with Crippen LogP contribution >= 0.6 is 15.9 Å². The van der Waals surface area contributed by atoms with E-state index in [1.807, 2.05) is 12.1 Å². The van der Waals surface area contributed by atoms with Crippen LogP contribution in [-0.4, -0.2) is 25.4 Å². The van der Waals surface area contributed by atoms with Gasteiger partial charge in [0, 0.05) is 23.7 Å². The Balaban J connectivity index is 1.76. The van der Waals surface area contributed by atoms with Crippen molar-refractivity contribution in [3.63, 3.8) is 0 Å². The predicted molar refractivity (Wildman–Crippen MR) is 81.8 cm³/mol. The van der Waals surface area contributed by atoms with E-state index in [9.17, 15) is 0 Å². The van der Waals surface area contributed by atoms with Crippen molar-refractivity contribution in [3.05, 3.63) is 23.8 Å². The highest BCUT2D eigenvalue weighted by Gasteiger charge is 2.43. The highest BCUT2D eigenvalue weighted by atomic mass is 79.9. The second kappa shape index (κ2) is 5.94. The molecule has 0 amide bonds. The van der Waals surface area contributed by atoms with Crippen molar-refractivity contribution in [2.75, 3.05) is 13.7 Å². The standard InChI is InChI=1S/C16H21BrO3/c1-18-14-5-2-4-12(11-17)15(14)20-13-6-9-19-16(10-13)7-3-8-16/h2,4-5,13H,3,6-11H2,1H3. The summed E-state index contributed by atoms with van der Waals surface area (Å²) in [6, 6.07) is 6.03. The van der Waals surface area contributed by atoms with E-state index in [1.165, 1.54) is 19.3 Å². The van der Waals surface area contributed by atoms with Gasteiger partial charge in [0.25, 0.3) is 0 Å². The smallest absolute Gasteiger partial charge is 0.165 e. The molecule has 0 radical (unpaired) electrons. The fourth-order valence-electron chi connectivity index (χ4n) is 3.13. The first-order chi connectivity index (χ1) is 9.76. The minimum atomic E-state index is 0.111. The van der Waals surface area contributed by atoms with Gasteiger partial charge in [-0.2, -0.15) is 0 Å². The van der Waals surface area contributed by atoms with E-state index in [0.29, 0.717) is 0 Å². The Bertz CT molecular complexity index is 449. The number of rotatable bonds is 4. The highest BCUT2D eigenvalue weighted by Crippen LogP contribution is 2.44. The summed E-state index contributed by atoms with van der Waals surface area (Å²) in [5, 5.41) is 0.772. The molecule has 1 aromatic rings. The summed E-state index contributed by atoms with van der Waals surface area (Å²) in [5.41, 5.74) is 1.25. The summed E-state index contributed by atoms with van der Waals surface area (Å²) >= 11 is 3.52. The van der Waals surface area contributed by atoms with Crippen LogP contribution in [0.25, 0.3) is 0 Å². The van der Waals surface area contributed by atoms with Gasteiger partial charge >= 0.3 is 0 Å². The number of ether oxygens (including phenoxy) is 3. The zero-order valence-electron chi connectivity index (χ0n) is 11.9. The maximum absolute atomic E-state index is 6.30. The molecular weight excluding hydrogens is 320 g/mol. The molecule has 2 fully saturated rings. The molecule has 1 aliphatic carbocycles. The minimum absolute atomic E-state index is 0.111. The summed E-state index contributed by atoms with van der Waals surface area (Å²) in [6.45, 7) is 0.809. The Morgan fingerprint density at radius 1 is 1.40 bits per heavy atom. The normalized spacial score (nSPS) is 24.2. The van der Waals surface area contributed by atoms with Crippen LogP contribution in [0.1, 0.15) is 37.7 Å². The third-order valence-electron chi connectivity index (χ3n) is 4.42. The van der Waals surface area contributed by atoms with Crippen LogP contribution < -0.4 is 9.47 Å². The van der Waals surface area contributed by atoms with E-state index >= 15 is 0 Å². The second-order valence-electron chi connectivity index (χ2n) is 5.70.